The summed E-state index contributed by atoms with van der Waals surface area (Å²) in [4.78, 5) is 0. The van der Waals surface area contributed by atoms with E-state index < -0.39 is 6.67 Å². The van der Waals surface area contributed by atoms with Gasteiger partial charge in [0.15, 0.2) is 0 Å². The summed E-state index contributed by atoms with van der Waals surface area (Å²) in [5, 5.41) is 0. The lowest BCUT2D eigenvalue weighted by Gasteiger charge is -1.96. The molecule has 0 aliphatic rings. The lowest BCUT2D eigenvalue weighted by atomic mass is 10.7. The quantitative estimate of drug-likeness (QED) is 0.500. The number of rotatable bonds is 5. The molecule has 0 saturated carbocycles. The SMILES string of the molecule is COCCO[CH]CF. The smallest absolute Gasteiger partial charge is 0.118 e. The van der Waals surface area contributed by atoms with Crippen molar-refractivity contribution >= 4 is 0 Å². The summed E-state index contributed by atoms with van der Waals surface area (Å²) in [6.45, 7) is 1.51. The molecular weight excluding hydrogens is 111 g/mol. The Morgan fingerprint density at radius 1 is 1.50 bits per heavy atom. The van der Waals surface area contributed by atoms with E-state index in [1.54, 1.807) is 7.11 Å². The van der Waals surface area contributed by atoms with Crippen LogP contribution in [0.5, 0.6) is 0 Å². The van der Waals surface area contributed by atoms with E-state index in [0.29, 0.717) is 13.2 Å². The Bertz CT molecular complexity index is 35.4. The van der Waals surface area contributed by atoms with Crippen LogP contribution in [0.1, 0.15) is 0 Å². The lowest BCUT2D eigenvalue weighted by Crippen LogP contribution is -1.99. The van der Waals surface area contributed by atoms with Crippen LogP contribution < -0.4 is 0 Å². The van der Waals surface area contributed by atoms with Gasteiger partial charge >= 0.3 is 0 Å². The third kappa shape index (κ3) is 5.85. The highest BCUT2D eigenvalue weighted by molar-refractivity contribution is 4.43. The molecule has 0 atom stereocenters. The van der Waals surface area contributed by atoms with Crippen LogP contribution in [0, 0.1) is 6.61 Å². The monoisotopic (exact) mass is 121 g/mol. The van der Waals surface area contributed by atoms with E-state index >= 15 is 0 Å². The van der Waals surface area contributed by atoms with E-state index in [0.717, 1.165) is 6.61 Å². The van der Waals surface area contributed by atoms with Gasteiger partial charge in [-0.25, -0.2) is 4.39 Å². The van der Waals surface area contributed by atoms with Crippen LogP contribution in [-0.2, 0) is 9.47 Å². The Morgan fingerprint density at radius 3 is 2.75 bits per heavy atom. The molecule has 1 radical (unpaired) electrons. The summed E-state index contributed by atoms with van der Waals surface area (Å²) in [5.74, 6) is 0. The van der Waals surface area contributed by atoms with Gasteiger partial charge in [0, 0.05) is 7.11 Å². The molecule has 0 bridgehead atoms. The van der Waals surface area contributed by atoms with Gasteiger partial charge in [-0.3, -0.25) is 0 Å². The van der Waals surface area contributed by atoms with Gasteiger partial charge < -0.3 is 9.47 Å². The van der Waals surface area contributed by atoms with Gasteiger partial charge in [-0.2, -0.15) is 0 Å². The van der Waals surface area contributed by atoms with E-state index in [1.165, 1.54) is 0 Å². The van der Waals surface area contributed by atoms with Crippen molar-refractivity contribution in [3.63, 3.8) is 0 Å². The number of methoxy groups -OCH3 is 1. The molecule has 0 fully saturated rings. The first-order valence-electron chi connectivity index (χ1n) is 2.40. The molecule has 0 aliphatic carbocycles. The fraction of sp³-hybridized carbons (Fsp3) is 0.800. The Hall–Kier alpha value is -0.150. The van der Waals surface area contributed by atoms with Crippen LogP contribution in [-0.4, -0.2) is 27.0 Å². The second-order valence-electron chi connectivity index (χ2n) is 1.18. The average molecular weight is 121 g/mol. The second-order valence-corrected chi connectivity index (χ2v) is 1.18. The van der Waals surface area contributed by atoms with Crippen LogP contribution in [0.4, 0.5) is 4.39 Å². The minimum atomic E-state index is -0.538. The van der Waals surface area contributed by atoms with Crippen LogP contribution in [0.2, 0.25) is 0 Å². The molecule has 0 aliphatic heterocycles. The summed E-state index contributed by atoms with van der Waals surface area (Å²) in [5.41, 5.74) is 0. The van der Waals surface area contributed by atoms with Crippen molar-refractivity contribution in [3.8, 4) is 0 Å². The highest BCUT2D eigenvalue weighted by atomic mass is 19.1. The molecule has 0 amide bonds. The standard InChI is InChI=1S/C5H10FO2/c1-7-4-5-8-3-2-6/h3H,2,4-5H2,1H3. The highest BCUT2D eigenvalue weighted by Crippen LogP contribution is 1.81. The Balaban J connectivity index is 2.53. The van der Waals surface area contributed by atoms with Crippen LogP contribution in [0.25, 0.3) is 0 Å². The Morgan fingerprint density at radius 2 is 2.25 bits per heavy atom. The largest absolute Gasteiger partial charge is 0.382 e. The van der Waals surface area contributed by atoms with Gasteiger partial charge in [-0.15, -0.1) is 0 Å². The summed E-state index contributed by atoms with van der Waals surface area (Å²) in [6, 6.07) is 0. The summed E-state index contributed by atoms with van der Waals surface area (Å²) in [7, 11) is 1.57. The maximum atomic E-state index is 11.2. The van der Waals surface area contributed by atoms with Crippen molar-refractivity contribution in [2.75, 3.05) is 27.0 Å². The summed E-state index contributed by atoms with van der Waals surface area (Å²) >= 11 is 0. The van der Waals surface area contributed by atoms with Gasteiger partial charge in [0.2, 0.25) is 0 Å². The molecule has 8 heavy (non-hydrogen) atoms. The van der Waals surface area contributed by atoms with E-state index in [4.69, 9.17) is 0 Å². The zero-order valence-electron chi connectivity index (χ0n) is 4.89. The number of ether oxygens (including phenoxy) is 2. The maximum absolute atomic E-state index is 11.2. The third-order valence-electron chi connectivity index (χ3n) is 0.586. The molecule has 0 aromatic rings. The highest BCUT2D eigenvalue weighted by Gasteiger charge is 1.84. The summed E-state index contributed by atoms with van der Waals surface area (Å²) in [6.07, 6.45) is 0. The number of halogens is 1. The van der Waals surface area contributed by atoms with E-state index in [2.05, 4.69) is 9.47 Å². The van der Waals surface area contributed by atoms with Crippen LogP contribution >= 0.6 is 0 Å². The third-order valence-corrected chi connectivity index (χ3v) is 0.586. The van der Waals surface area contributed by atoms with Crippen molar-refractivity contribution in [2.45, 2.75) is 0 Å². The van der Waals surface area contributed by atoms with Crippen molar-refractivity contribution in [1.29, 1.82) is 0 Å². The predicted octanol–water partition coefficient (Wildman–Crippen LogP) is 0.781. The van der Waals surface area contributed by atoms with Crippen molar-refractivity contribution in [1.82, 2.24) is 0 Å². The maximum Gasteiger partial charge on any atom is 0.118 e. The van der Waals surface area contributed by atoms with Gasteiger partial charge in [0.25, 0.3) is 0 Å². The van der Waals surface area contributed by atoms with Crippen LogP contribution in [0.3, 0.4) is 0 Å². The van der Waals surface area contributed by atoms with E-state index in [9.17, 15) is 4.39 Å². The molecule has 3 heteroatoms. The first kappa shape index (κ1) is 7.85. The topological polar surface area (TPSA) is 18.5 Å². The molecule has 0 unspecified atom stereocenters. The van der Waals surface area contributed by atoms with Gasteiger partial charge in [0.05, 0.1) is 13.2 Å². The minimum absolute atomic E-state index is 0.431. The van der Waals surface area contributed by atoms with E-state index in [-0.39, 0.29) is 0 Å². The minimum Gasteiger partial charge on any atom is -0.382 e. The first-order chi connectivity index (χ1) is 3.91. The first-order valence-corrected chi connectivity index (χ1v) is 2.40. The normalized spacial score (nSPS) is 9.75. The molecule has 0 saturated heterocycles. The zero-order valence-corrected chi connectivity index (χ0v) is 4.89. The molecule has 49 valence electrons. The van der Waals surface area contributed by atoms with Gasteiger partial charge in [-0.1, -0.05) is 0 Å². The summed E-state index contributed by atoms with van der Waals surface area (Å²) < 4.78 is 20.4. The molecule has 0 spiro atoms. The van der Waals surface area contributed by atoms with Crippen molar-refractivity contribution in [3.05, 3.63) is 6.61 Å². The van der Waals surface area contributed by atoms with Crippen molar-refractivity contribution < 1.29 is 13.9 Å². The molecule has 0 rings (SSSR count). The number of hydrogen-bond donors (Lipinski definition) is 0. The predicted molar refractivity (Wildman–Crippen MR) is 28.1 cm³/mol. The van der Waals surface area contributed by atoms with Crippen molar-refractivity contribution in [2.24, 2.45) is 0 Å². The second kappa shape index (κ2) is 6.85. The molecule has 0 heterocycles. The van der Waals surface area contributed by atoms with Gasteiger partial charge in [0.1, 0.15) is 13.3 Å². The van der Waals surface area contributed by atoms with Crippen LogP contribution in [0.15, 0.2) is 0 Å². The number of alkyl halides is 1. The van der Waals surface area contributed by atoms with E-state index in [1.807, 2.05) is 0 Å². The molecule has 0 N–H and O–H groups in total. The lowest BCUT2D eigenvalue weighted by molar-refractivity contribution is 0.0971. The Kier molecular flexibility index (Phi) is 6.72. The molecule has 0 aromatic heterocycles. The zero-order chi connectivity index (χ0) is 6.24. The number of hydrogen-bond acceptors (Lipinski definition) is 2. The van der Waals surface area contributed by atoms with Gasteiger partial charge in [-0.05, 0) is 0 Å². The molecule has 2 nitrogen and oxygen atoms in total. The fourth-order valence-corrected chi connectivity index (χ4v) is 0.259. The Labute approximate surface area is 48.6 Å². The fourth-order valence-electron chi connectivity index (χ4n) is 0.259. The molecular formula is C5H10FO2. The molecule has 0 aromatic carbocycles. The average Bonchev–Trinajstić information content (AvgIpc) is 1.81.